The normalized spacial score (nSPS) is 25.1. The van der Waals surface area contributed by atoms with Gasteiger partial charge in [0.15, 0.2) is 0 Å². The highest BCUT2D eigenvalue weighted by Crippen LogP contribution is 2.25. The lowest BCUT2D eigenvalue weighted by Crippen LogP contribution is -2.51. The average Bonchev–Trinajstić information content (AvgIpc) is 2.46. The van der Waals surface area contributed by atoms with Gasteiger partial charge in [-0.3, -0.25) is 0 Å². The van der Waals surface area contributed by atoms with Crippen LogP contribution in [-0.4, -0.2) is 38.1 Å². The fourth-order valence-corrected chi connectivity index (χ4v) is 4.07. The summed E-state index contributed by atoms with van der Waals surface area (Å²) in [6.45, 7) is 5.08. The lowest BCUT2D eigenvalue weighted by molar-refractivity contribution is 0.192. The quantitative estimate of drug-likeness (QED) is 0.904. The molecule has 1 saturated heterocycles. The van der Waals surface area contributed by atoms with E-state index in [2.05, 4.69) is 12.2 Å². The van der Waals surface area contributed by atoms with Gasteiger partial charge in [0.1, 0.15) is 5.82 Å². The van der Waals surface area contributed by atoms with E-state index in [4.69, 9.17) is 0 Å². The summed E-state index contributed by atoms with van der Waals surface area (Å²) in [7, 11) is -3.13. The molecule has 0 spiro atoms. The number of sulfonamides is 1. The molecule has 1 N–H and O–H groups in total. The van der Waals surface area contributed by atoms with Gasteiger partial charge in [-0.15, -0.1) is 0 Å². The maximum absolute atomic E-state index is 13.9. The zero-order valence-electron chi connectivity index (χ0n) is 13.4. The van der Waals surface area contributed by atoms with Crippen LogP contribution >= 0.6 is 0 Å². The van der Waals surface area contributed by atoms with Crippen LogP contribution in [0.25, 0.3) is 0 Å². The number of rotatable bonds is 5. The Balaban J connectivity index is 2.05. The van der Waals surface area contributed by atoms with Gasteiger partial charge in [0, 0.05) is 30.7 Å². The van der Waals surface area contributed by atoms with Gasteiger partial charge in [-0.2, -0.15) is 0 Å². The molecule has 0 radical (unpaired) electrons. The first kappa shape index (κ1) is 17.4. The van der Waals surface area contributed by atoms with Crippen molar-refractivity contribution in [2.45, 2.75) is 38.8 Å². The molecule has 1 aromatic rings. The summed E-state index contributed by atoms with van der Waals surface area (Å²) in [5.74, 6) is 0.0434. The Morgan fingerprint density at radius 3 is 2.68 bits per heavy atom. The first-order valence-corrected chi connectivity index (χ1v) is 9.63. The molecular weight excluding hydrogens is 303 g/mol. The van der Waals surface area contributed by atoms with E-state index in [9.17, 15) is 12.8 Å². The Bertz CT molecular complexity index is 606. The molecule has 1 aliphatic heterocycles. The number of hydrogen-bond acceptors (Lipinski definition) is 3. The van der Waals surface area contributed by atoms with Gasteiger partial charge in [0.2, 0.25) is 10.0 Å². The average molecular weight is 328 g/mol. The minimum atomic E-state index is -3.13. The standard InChI is InChI=1S/C16H25FN2O2S/c1-4-13-11-19(22(3,20)21)10-9-16(13)18-12(2)14-7-5-6-8-15(14)17/h5-8,12-13,16,18H,4,9-11H2,1-3H3/t12-,13+,16+/m0/s1. The van der Waals surface area contributed by atoms with Crippen molar-refractivity contribution in [2.75, 3.05) is 19.3 Å². The molecule has 0 bridgehead atoms. The second-order valence-corrected chi connectivity index (χ2v) is 8.08. The van der Waals surface area contributed by atoms with Crippen LogP contribution in [0.4, 0.5) is 4.39 Å². The Kier molecular flexibility index (Phi) is 5.58. The molecule has 0 aliphatic carbocycles. The molecule has 0 amide bonds. The summed E-state index contributed by atoms with van der Waals surface area (Å²) in [6, 6.07) is 6.89. The van der Waals surface area contributed by atoms with Crippen LogP contribution < -0.4 is 5.32 Å². The van der Waals surface area contributed by atoms with Gasteiger partial charge < -0.3 is 5.32 Å². The van der Waals surface area contributed by atoms with Crippen LogP contribution in [0, 0.1) is 11.7 Å². The Labute approximate surface area is 132 Å². The molecule has 124 valence electrons. The number of piperidine rings is 1. The summed E-state index contributed by atoms with van der Waals surface area (Å²) >= 11 is 0. The highest BCUT2D eigenvalue weighted by Gasteiger charge is 2.32. The minimum Gasteiger partial charge on any atom is -0.307 e. The van der Waals surface area contributed by atoms with E-state index in [1.807, 2.05) is 13.0 Å². The van der Waals surface area contributed by atoms with Crippen molar-refractivity contribution in [1.82, 2.24) is 9.62 Å². The number of nitrogens with zero attached hydrogens (tertiary/aromatic N) is 1. The van der Waals surface area contributed by atoms with Crippen molar-refractivity contribution in [3.8, 4) is 0 Å². The summed E-state index contributed by atoms with van der Waals surface area (Å²) in [5.41, 5.74) is 0.655. The van der Waals surface area contributed by atoms with E-state index in [1.165, 1.54) is 12.3 Å². The molecular formula is C16H25FN2O2S. The summed E-state index contributed by atoms with van der Waals surface area (Å²) < 4.78 is 38.8. The van der Waals surface area contributed by atoms with E-state index in [-0.39, 0.29) is 23.8 Å². The van der Waals surface area contributed by atoms with Gasteiger partial charge in [-0.1, -0.05) is 31.5 Å². The Morgan fingerprint density at radius 2 is 2.09 bits per heavy atom. The molecule has 6 heteroatoms. The highest BCUT2D eigenvalue weighted by molar-refractivity contribution is 7.88. The van der Waals surface area contributed by atoms with Crippen LogP contribution in [0.2, 0.25) is 0 Å². The fourth-order valence-electron chi connectivity index (χ4n) is 3.17. The third-order valence-electron chi connectivity index (χ3n) is 4.53. The second-order valence-electron chi connectivity index (χ2n) is 6.09. The van der Waals surface area contributed by atoms with Crippen molar-refractivity contribution in [3.05, 3.63) is 35.6 Å². The van der Waals surface area contributed by atoms with Crippen molar-refractivity contribution in [3.63, 3.8) is 0 Å². The molecule has 1 aliphatic rings. The largest absolute Gasteiger partial charge is 0.307 e. The summed E-state index contributed by atoms with van der Waals surface area (Å²) in [4.78, 5) is 0. The third-order valence-corrected chi connectivity index (χ3v) is 5.80. The Morgan fingerprint density at radius 1 is 1.41 bits per heavy atom. The van der Waals surface area contributed by atoms with E-state index in [1.54, 1.807) is 16.4 Å². The zero-order chi connectivity index (χ0) is 16.3. The molecule has 1 fully saturated rings. The number of nitrogens with one attached hydrogen (secondary N) is 1. The highest BCUT2D eigenvalue weighted by atomic mass is 32.2. The van der Waals surface area contributed by atoms with Crippen LogP contribution in [0.1, 0.15) is 38.3 Å². The lowest BCUT2D eigenvalue weighted by atomic mass is 9.90. The molecule has 1 aromatic carbocycles. The van der Waals surface area contributed by atoms with E-state index in [0.717, 1.165) is 12.8 Å². The third kappa shape index (κ3) is 4.06. The second kappa shape index (κ2) is 7.06. The van der Waals surface area contributed by atoms with E-state index < -0.39 is 10.0 Å². The number of benzene rings is 1. The molecule has 0 saturated carbocycles. The first-order valence-electron chi connectivity index (χ1n) is 7.78. The van der Waals surface area contributed by atoms with Crippen LogP contribution in [0.3, 0.4) is 0 Å². The SMILES string of the molecule is CC[C@@H]1CN(S(C)(=O)=O)CC[C@H]1N[C@@H](C)c1ccccc1F. The van der Waals surface area contributed by atoms with E-state index >= 15 is 0 Å². The molecule has 22 heavy (non-hydrogen) atoms. The van der Waals surface area contributed by atoms with Crippen molar-refractivity contribution in [2.24, 2.45) is 5.92 Å². The molecule has 0 unspecified atom stereocenters. The minimum absolute atomic E-state index is 0.0926. The molecule has 4 nitrogen and oxygen atoms in total. The summed E-state index contributed by atoms with van der Waals surface area (Å²) in [6.07, 6.45) is 2.91. The molecule has 0 aromatic heterocycles. The maximum Gasteiger partial charge on any atom is 0.211 e. The molecule has 1 heterocycles. The van der Waals surface area contributed by atoms with E-state index in [0.29, 0.717) is 18.7 Å². The maximum atomic E-state index is 13.9. The topological polar surface area (TPSA) is 49.4 Å². The predicted octanol–water partition coefficient (Wildman–Crippen LogP) is 2.54. The number of hydrogen-bond donors (Lipinski definition) is 1. The molecule has 2 rings (SSSR count). The summed E-state index contributed by atoms with van der Waals surface area (Å²) in [5, 5.41) is 3.49. The Hall–Kier alpha value is -0.980. The first-order chi connectivity index (χ1) is 10.3. The lowest BCUT2D eigenvalue weighted by Gasteiger charge is -2.38. The van der Waals surface area contributed by atoms with Crippen molar-refractivity contribution < 1.29 is 12.8 Å². The van der Waals surface area contributed by atoms with Crippen molar-refractivity contribution >= 4 is 10.0 Å². The van der Waals surface area contributed by atoms with Crippen molar-refractivity contribution in [1.29, 1.82) is 0 Å². The molecule has 3 atom stereocenters. The fraction of sp³-hybridized carbons (Fsp3) is 0.625. The van der Waals surface area contributed by atoms with Crippen LogP contribution in [-0.2, 0) is 10.0 Å². The van der Waals surface area contributed by atoms with Gasteiger partial charge in [0.05, 0.1) is 6.26 Å². The van der Waals surface area contributed by atoms with Gasteiger partial charge >= 0.3 is 0 Å². The van der Waals surface area contributed by atoms with Gasteiger partial charge in [-0.25, -0.2) is 17.1 Å². The zero-order valence-corrected chi connectivity index (χ0v) is 14.2. The predicted molar refractivity (Wildman–Crippen MR) is 86.6 cm³/mol. The van der Waals surface area contributed by atoms with Gasteiger partial charge in [-0.05, 0) is 25.3 Å². The van der Waals surface area contributed by atoms with Gasteiger partial charge in [0.25, 0.3) is 0 Å². The smallest absolute Gasteiger partial charge is 0.211 e. The van der Waals surface area contributed by atoms with Crippen LogP contribution in [0.15, 0.2) is 24.3 Å². The monoisotopic (exact) mass is 328 g/mol. The number of halogens is 1. The van der Waals surface area contributed by atoms with Crippen LogP contribution in [0.5, 0.6) is 0 Å².